The van der Waals surface area contributed by atoms with Crippen molar-refractivity contribution in [3.8, 4) is 11.5 Å². The highest BCUT2D eigenvalue weighted by molar-refractivity contribution is 8.00. The third-order valence-electron chi connectivity index (χ3n) is 21.6. The molecule has 1 aliphatic rings. The number of ether oxygens (including phenoxy) is 1. The number of rotatable bonds is 23. The number of carbonyl (C=O) groups is 15. The maximum atomic E-state index is 15.5. The summed E-state index contributed by atoms with van der Waals surface area (Å²) in [5, 5.41) is 35.3. The van der Waals surface area contributed by atoms with E-state index in [2.05, 4.69) is 31.6 Å². The van der Waals surface area contributed by atoms with Crippen LogP contribution in [0.1, 0.15) is 99.1 Å². The molecule has 0 unspecified atom stereocenters. The van der Waals surface area contributed by atoms with Gasteiger partial charge in [-0.05, 0) is 76.1 Å². The number of benzene rings is 6. The lowest BCUT2D eigenvalue weighted by Gasteiger charge is -2.37. The summed E-state index contributed by atoms with van der Waals surface area (Å²) < 4.78 is 5.14. The van der Waals surface area contributed by atoms with E-state index < -0.39 is 200 Å². The summed E-state index contributed by atoms with van der Waals surface area (Å²) in [4.78, 5) is 228. The molecule has 0 spiro atoms. The van der Waals surface area contributed by atoms with Gasteiger partial charge in [-0.3, -0.25) is 71.9 Å². The molecule has 0 bridgehead atoms. The molecule has 31 heteroatoms. The topological polar surface area (TPSA) is 424 Å². The maximum absolute atomic E-state index is 15.5. The summed E-state index contributed by atoms with van der Waals surface area (Å²) in [5.41, 5.74) is 9.38. The summed E-state index contributed by atoms with van der Waals surface area (Å²) >= 11 is 0.872. The number of ketones is 3. The minimum atomic E-state index is -1.59. The van der Waals surface area contributed by atoms with Crippen LogP contribution in [-0.2, 0) is 115 Å². The molecule has 1 aromatic heterocycles. The molecular formula is C90H110N12O18S. The zero-order valence-corrected chi connectivity index (χ0v) is 70.3. The van der Waals surface area contributed by atoms with Gasteiger partial charge >= 0.3 is 0 Å². The summed E-state index contributed by atoms with van der Waals surface area (Å²) in [6.45, 7) is 3.39. The lowest BCUT2D eigenvalue weighted by Crippen LogP contribution is -2.59. The number of aromatic nitrogens is 1. The van der Waals surface area contributed by atoms with E-state index in [4.69, 9.17) is 10.5 Å². The zero-order valence-electron chi connectivity index (χ0n) is 69.5. The fraction of sp³-hybridized carbons (Fsp3) is 0.411. The van der Waals surface area contributed by atoms with Gasteiger partial charge in [-0.2, -0.15) is 0 Å². The molecule has 7 aromatic rings. The van der Waals surface area contributed by atoms with Crippen LogP contribution in [0, 0.1) is 17.8 Å². The number of nitrogens with one attached hydrogen (secondary N) is 6. The third kappa shape index (κ3) is 28.0. The minimum absolute atomic E-state index is 0.0828. The number of para-hydroxylation sites is 1. The first kappa shape index (κ1) is 94.0. The number of phenolic OH excluding ortho intramolecular Hbond substituents is 2. The van der Waals surface area contributed by atoms with E-state index in [0.717, 1.165) is 21.6 Å². The van der Waals surface area contributed by atoms with Crippen LogP contribution in [-0.4, -0.2) is 243 Å². The van der Waals surface area contributed by atoms with Crippen molar-refractivity contribution in [3.05, 3.63) is 203 Å². The number of carbonyl (C=O) groups excluding carboxylic acids is 15. The van der Waals surface area contributed by atoms with Gasteiger partial charge in [-0.15, -0.1) is 11.8 Å². The number of nitrogens with two attached hydrogens (primary N) is 1. The number of unbranched alkanes of at least 4 members (excludes halogenated alkanes) is 1. The average Bonchev–Trinajstić information content (AvgIpc) is 1.81. The predicted octanol–water partition coefficient (Wildman–Crippen LogP) is 4.91. The van der Waals surface area contributed by atoms with E-state index in [9.17, 15) is 43.8 Å². The number of hydrogen-bond donors (Lipinski definition) is 9. The first-order valence-electron chi connectivity index (χ1n) is 40.3. The van der Waals surface area contributed by atoms with E-state index in [-0.39, 0.29) is 68.7 Å². The van der Waals surface area contributed by atoms with Crippen molar-refractivity contribution in [1.82, 2.24) is 56.1 Å². The molecule has 10 atom stereocenters. The number of Topliss-reactive ketones (excluding diaryl/α,β-unsaturated/α-hetero) is 3. The SMILES string of the molecule is CCCC[C@H]1C(=O)N(C)CC(=O)C[C@@H](COC=O)C(=O)C[C@@H](C(C)C)C(=O)N(C)[C@@H](Cc2ccccc2)C(=O)N[C@@H](Cc2ccc(O)cc2)C(=O)N(C)CC(=O)N[C@@H](Cc2c[nH]c3ccccc23)C(=O)N[C@@H](Cc2ccc(O)cc2)C(=O)N[C@H](C(=O)CCC(N)=O)CSCC(=O)N[C@@H](Cc2ccccc2)C(=O)N(C)[C@@H](Cc2ccccc2)C(=O)N1C. The summed E-state index contributed by atoms with van der Waals surface area (Å²) in [5.74, 6) is -15.0. The van der Waals surface area contributed by atoms with E-state index >= 15 is 38.4 Å². The number of thioether (sulfide) groups is 1. The molecule has 8 rings (SSSR count). The molecule has 10 N–H and O–H groups in total. The molecule has 6 aromatic carbocycles. The quantitative estimate of drug-likeness (QED) is 0.0384. The van der Waals surface area contributed by atoms with Crippen molar-refractivity contribution in [2.24, 2.45) is 23.5 Å². The van der Waals surface area contributed by atoms with E-state index in [0.29, 0.717) is 57.1 Å². The fourth-order valence-electron chi connectivity index (χ4n) is 14.6. The molecule has 1 fully saturated rings. The van der Waals surface area contributed by atoms with E-state index in [1.807, 2.05) is 6.92 Å². The largest absolute Gasteiger partial charge is 0.508 e. The number of aromatic amines is 1. The number of aromatic hydroxyl groups is 2. The molecule has 644 valence electrons. The molecule has 0 saturated carbocycles. The van der Waals surface area contributed by atoms with Gasteiger partial charge in [0.1, 0.15) is 66.2 Å². The molecule has 11 amide bonds. The monoisotopic (exact) mass is 1680 g/mol. The van der Waals surface area contributed by atoms with Crippen molar-refractivity contribution in [3.63, 3.8) is 0 Å². The van der Waals surface area contributed by atoms with Crippen LogP contribution >= 0.6 is 11.8 Å². The predicted molar refractivity (Wildman–Crippen MR) is 454 cm³/mol. The Morgan fingerprint density at radius 2 is 1.00 bits per heavy atom. The fourth-order valence-corrected chi connectivity index (χ4v) is 15.5. The molecule has 2 heterocycles. The highest BCUT2D eigenvalue weighted by atomic mass is 32.2. The standard InChI is InChI=1S/C90H110N12O18S/c1-9-10-30-75-89(118)98(4)50-66(106)46-63(52-120-55-103)79(108)48-68(56(2)3)86(115)101(7)76(44-58-24-16-12-17-25-58)85(114)96-72(43-61-33-37-65(105)38-34-61)87(116)99(5)51-81(110)93-71(47-62-49-92-69-29-21-20-28-67(62)69)84(113)95-70(41-60-31-35-64(104)36-32-60)83(112)97-74(78(107)39-40-80(91)109)53-121-54-82(111)94-73(42-57-22-14-11-15-23-57)88(117)102(8)77(90(119)100(75)6)45-59-26-18-13-19-27-59/h11-29,31-38,49,55-56,63,68,70-77,92,104-105H,9-10,30,39-48,50-54H2,1-8H3,(H2,91,109)(H,93,110)(H,94,111)(H,95,113)(H,96,114)(H,97,112)/t63-,68-,70-,71-,72-,73-,74-,75-,76-,77-/m0/s1. The molecular weight excluding hydrogens is 1570 g/mol. The Morgan fingerprint density at radius 3 is 1.57 bits per heavy atom. The van der Waals surface area contributed by atoms with E-state index in [1.54, 1.807) is 135 Å². The summed E-state index contributed by atoms with van der Waals surface area (Å²) in [6, 6.07) is 33.2. The Kier molecular flexibility index (Phi) is 35.8. The summed E-state index contributed by atoms with van der Waals surface area (Å²) in [7, 11) is 6.83. The van der Waals surface area contributed by atoms with Crippen LogP contribution in [0.3, 0.4) is 0 Å². The summed E-state index contributed by atoms with van der Waals surface area (Å²) in [6.07, 6.45) is -0.392. The first-order valence-corrected chi connectivity index (χ1v) is 41.5. The third-order valence-corrected chi connectivity index (χ3v) is 22.6. The Hall–Kier alpha value is -12.5. The Bertz CT molecular complexity index is 4750. The van der Waals surface area contributed by atoms with Crippen molar-refractivity contribution in [2.45, 2.75) is 153 Å². The minimum Gasteiger partial charge on any atom is -0.508 e. The van der Waals surface area contributed by atoms with Gasteiger partial charge in [-0.25, -0.2) is 0 Å². The highest BCUT2D eigenvalue weighted by Crippen LogP contribution is 2.27. The average molecular weight is 1680 g/mol. The van der Waals surface area contributed by atoms with Crippen molar-refractivity contribution >= 4 is 111 Å². The van der Waals surface area contributed by atoms with Crippen LogP contribution in [0.25, 0.3) is 10.9 Å². The van der Waals surface area contributed by atoms with Crippen LogP contribution in [0.5, 0.6) is 11.5 Å². The molecule has 30 nitrogen and oxygen atoms in total. The number of hydrogen-bond acceptors (Lipinski definition) is 19. The normalized spacial score (nSPS) is 21.8. The van der Waals surface area contributed by atoms with Crippen molar-refractivity contribution in [2.75, 3.05) is 66.4 Å². The van der Waals surface area contributed by atoms with Crippen LogP contribution in [0.2, 0.25) is 0 Å². The molecule has 0 radical (unpaired) electrons. The second-order valence-corrected chi connectivity index (χ2v) is 32.1. The second-order valence-electron chi connectivity index (χ2n) is 31.1. The number of likely N-dealkylation sites (N-methyl/N-ethyl adjacent to an activating group) is 5. The molecule has 0 aliphatic carbocycles. The molecule has 121 heavy (non-hydrogen) atoms. The van der Waals surface area contributed by atoms with Gasteiger partial charge in [0.2, 0.25) is 65.0 Å². The number of phenols is 2. The van der Waals surface area contributed by atoms with Gasteiger partial charge in [0.25, 0.3) is 6.47 Å². The lowest BCUT2D eigenvalue weighted by atomic mass is 9.84. The molecule has 1 saturated heterocycles. The number of fused-ring (bicyclic) bond motifs is 1. The van der Waals surface area contributed by atoms with Crippen molar-refractivity contribution in [1.29, 1.82) is 0 Å². The molecule has 1 aliphatic heterocycles. The van der Waals surface area contributed by atoms with Crippen LogP contribution < -0.4 is 32.3 Å². The smallest absolute Gasteiger partial charge is 0.293 e. The lowest BCUT2D eigenvalue weighted by molar-refractivity contribution is -0.151. The first-order chi connectivity index (χ1) is 57.8. The van der Waals surface area contributed by atoms with Gasteiger partial charge < -0.3 is 76.8 Å². The Balaban J connectivity index is 1.21. The van der Waals surface area contributed by atoms with Gasteiger partial charge in [0.05, 0.1) is 30.8 Å². The number of H-pyrrole nitrogens is 1. The Labute approximate surface area is 708 Å². The van der Waals surface area contributed by atoms with Crippen LogP contribution in [0.4, 0.5) is 0 Å². The van der Waals surface area contributed by atoms with Gasteiger partial charge in [-0.1, -0.05) is 167 Å². The zero-order chi connectivity index (χ0) is 88.0. The van der Waals surface area contributed by atoms with Gasteiger partial charge in [0, 0.05) is 128 Å². The maximum Gasteiger partial charge on any atom is 0.293 e. The van der Waals surface area contributed by atoms with E-state index in [1.165, 1.54) is 98.5 Å². The second kappa shape index (κ2) is 46.1. The number of nitrogens with zero attached hydrogens (tertiary/aromatic N) is 5. The van der Waals surface area contributed by atoms with Crippen molar-refractivity contribution < 1.29 is 86.9 Å². The Morgan fingerprint density at radius 1 is 0.512 bits per heavy atom. The van der Waals surface area contributed by atoms with Crippen LogP contribution in [0.15, 0.2) is 170 Å². The van der Waals surface area contributed by atoms with Gasteiger partial charge in [0.15, 0.2) is 11.6 Å². The number of amides is 11. The number of primary amides is 1. The highest BCUT2D eigenvalue weighted by Gasteiger charge is 2.42.